The van der Waals surface area contributed by atoms with Gasteiger partial charge >= 0.3 is 0 Å². The number of unbranched alkanes of at least 4 members (excludes halogenated alkanes) is 1. The summed E-state index contributed by atoms with van der Waals surface area (Å²) in [4.78, 5) is 0. The summed E-state index contributed by atoms with van der Waals surface area (Å²) in [6.07, 6.45) is 6.34. The van der Waals surface area contributed by atoms with E-state index in [1.54, 1.807) is 7.11 Å². The first-order valence-corrected chi connectivity index (χ1v) is 5.86. The quantitative estimate of drug-likeness (QED) is 0.631. The van der Waals surface area contributed by atoms with Gasteiger partial charge in [-0.05, 0) is 51.7 Å². The number of rotatable bonds is 6. The Balaban J connectivity index is 1.93. The van der Waals surface area contributed by atoms with E-state index >= 15 is 0 Å². The minimum atomic E-state index is 0.743. The molecular weight excluding hydrogens is 176 g/mol. The minimum absolute atomic E-state index is 0.743. The minimum Gasteiger partial charge on any atom is -0.385 e. The molecule has 3 nitrogen and oxygen atoms in total. The van der Waals surface area contributed by atoms with E-state index in [0.717, 1.165) is 19.2 Å². The number of nitrogens with one attached hydrogen (secondary N) is 2. The summed E-state index contributed by atoms with van der Waals surface area (Å²) in [5, 5.41) is 7.05. The van der Waals surface area contributed by atoms with Crippen LogP contribution in [0.1, 0.15) is 32.1 Å². The fourth-order valence-electron chi connectivity index (χ4n) is 1.90. The van der Waals surface area contributed by atoms with Crippen molar-refractivity contribution in [1.29, 1.82) is 0 Å². The largest absolute Gasteiger partial charge is 0.385 e. The van der Waals surface area contributed by atoms with Crippen molar-refractivity contribution in [3.05, 3.63) is 0 Å². The van der Waals surface area contributed by atoms with E-state index in [1.165, 1.54) is 45.2 Å². The van der Waals surface area contributed by atoms with E-state index < -0.39 is 0 Å². The molecule has 0 aromatic carbocycles. The Hall–Kier alpha value is -0.120. The summed E-state index contributed by atoms with van der Waals surface area (Å²) in [5.41, 5.74) is 0. The van der Waals surface area contributed by atoms with E-state index in [1.807, 2.05) is 0 Å². The molecule has 1 atom stereocenters. The van der Waals surface area contributed by atoms with Crippen molar-refractivity contribution in [3.63, 3.8) is 0 Å². The topological polar surface area (TPSA) is 33.3 Å². The number of methoxy groups -OCH3 is 1. The maximum absolute atomic E-state index is 5.02. The van der Waals surface area contributed by atoms with Crippen LogP contribution in [0.2, 0.25) is 0 Å². The third-order valence-corrected chi connectivity index (χ3v) is 2.78. The van der Waals surface area contributed by atoms with Crippen molar-refractivity contribution in [2.24, 2.45) is 0 Å². The molecule has 1 fully saturated rings. The first-order valence-electron chi connectivity index (χ1n) is 5.86. The molecule has 1 unspecified atom stereocenters. The van der Waals surface area contributed by atoms with Gasteiger partial charge in [-0.2, -0.15) is 0 Å². The van der Waals surface area contributed by atoms with Crippen LogP contribution in [0.3, 0.4) is 0 Å². The molecule has 1 heterocycles. The highest BCUT2D eigenvalue weighted by Crippen LogP contribution is 2.04. The molecule has 0 spiro atoms. The fraction of sp³-hybridized carbons (Fsp3) is 1.00. The SMILES string of the molecule is COCCCCNC1CCCNCC1. The predicted molar refractivity (Wildman–Crippen MR) is 59.6 cm³/mol. The molecule has 0 aliphatic carbocycles. The summed E-state index contributed by atoms with van der Waals surface area (Å²) in [6.45, 7) is 4.42. The van der Waals surface area contributed by atoms with Gasteiger partial charge < -0.3 is 15.4 Å². The molecule has 1 aliphatic heterocycles. The van der Waals surface area contributed by atoms with Crippen LogP contribution in [0.4, 0.5) is 0 Å². The first-order chi connectivity index (χ1) is 6.93. The molecule has 84 valence electrons. The fourth-order valence-corrected chi connectivity index (χ4v) is 1.90. The van der Waals surface area contributed by atoms with Gasteiger partial charge in [-0.1, -0.05) is 0 Å². The van der Waals surface area contributed by atoms with Crippen molar-refractivity contribution < 1.29 is 4.74 Å². The number of hydrogen-bond donors (Lipinski definition) is 2. The molecule has 14 heavy (non-hydrogen) atoms. The molecule has 0 bridgehead atoms. The Morgan fingerprint density at radius 3 is 3.07 bits per heavy atom. The summed E-state index contributed by atoms with van der Waals surface area (Å²) in [5.74, 6) is 0. The molecule has 0 saturated carbocycles. The summed E-state index contributed by atoms with van der Waals surface area (Å²) in [7, 11) is 1.77. The van der Waals surface area contributed by atoms with Gasteiger partial charge in [-0.3, -0.25) is 0 Å². The normalized spacial score (nSPS) is 23.4. The van der Waals surface area contributed by atoms with Gasteiger partial charge in [0.2, 0.25) is 0 Å². The van der Waals surface area contributed by atoms with Crippen molar-refractivity contribution in [2.75, 3.05) is 33.4 Å². The van der Waals surface area contributed by atoms with Gasteiger partial charge in [0.05, 0.1) is 0 Å². The molecule has 1 saturated heterocycles. The van der Waals surface area contributed by atoms with Gasteiger partial charge in [0.15, 0.2) is 0 Å². The van der Waals surface area contributed by atoms with Gasteiger partial charge in [0, 0.05) is 19.8 Å². The monoisotopic (exact) mass is 200 g/mol. The maximum Gasteiger partial charge on any atom is 0.0462 e. The van der Waals surface area contributed by atoms with Gasteiger partial charge in [0.25, 0.3) is 0 Å². The first kappa shape index (κ1) is 12.0. The van der Waals surface area contributed by atoms with Crippen LogP contribution < -0.4 is 10.6 Å². The van der Waals surface area contributed by atoms with Crippen molar-refractivity contribution >= 4 is 0 Å². The molecule has 0 aromatic heterocycles. The Morgan fingerprint density at radius 1 is 1.29 bits per heavy atom. The zero-order valence-corrected chi connectivity index (χ0v) is 9.35. The van der Waals surface area contributed by atoms with Crippen LogP contribution in [0.25, 0.3) is 0 Å². The molecule has 1 aliphatic rings. The molecule has 0 amide bonds. The lowest BCUT2D eigenvalue weighted by Crippen LogP contribution is -2.30. The van der Waals surface area contributed by atoms with E-state index in [4.69, 9.17) is 4.74 Å². The molecule has 0 aromatic rings. The zero-order chi connectivity index (χ0) is 10.1. The van der Waals surface area contributed by atoms with Crippen molar-refractivity contribution in [3.8, 4) is 0 Å². The maximum atomic E-state index is 5.02. The lowest BCUT2D eigenvalue weighted by atomic mass is 10.1. The highest BCUT2D eigenvalue weighted by Gasteiger charge is 2.09. The second-order valence-electron chi connectivity index (χ2n) is 4.03. The van der Waals surface area contributed by atoms with Gasteiger partial charge in [-0.25, -0.2) is 0 Å². The predicted octanol–water partition coefficient (Wildman–Crippen LogP) is 1.14. The van der Waals surface area contributed by atoms with Crippen molar-refractivity contribution in [1.82, 2.24) is 10.6 Å². The number of hydrogen-bond acceptors (Lipinski definition) is 3. The van der Waals surface area contributed by atoms with E-state index in [2.05, 4.69) is 10.6 Å². The molecule has 3 heteroatoms. The Labute approximate surface area is 87.6 Å². The van der Waals surface area contributed by atoms with E-state index in [-0.39, 0.29) is 0 Å². The van der Waals surface area contributed by atoms with Crippen LogP contribution >= 0.6 is 0 Å². The number of ether oxygens (including phenoxy) is 1. The van der Waals surface area contributed by atoms with Crippen LogP contribution in [0.15, 0.2) is 0 Å². The second kappa shape index (κ2) is 8.21. The van der Waals surface area contributed by atoms with E-state index in [0.29, 0.717) is 0 Å². The van der Waals surface area contributed by atoms with Crippen LogP contribution in [-0.4, -0.2) is 39.4 Å². The molecule has 1 rings (SSSR count). The van der Waals surface area contributed by atoms with Crippen LogP contribution in [0, 0.1) is 0 Å². The highest BCUT2D eigenvalue weighted by molar-refractivity contribution is 4.72. The smallest absolute Gasteiger partial charge is 0.0462 e. The third kappa shape index (κ3) is 5.58. The van der Waals surface area contributed by atoms with Gasteiger partial charge in [-0.15, -0.1) is 0 Å². The lowest BCUT2D eigenvalue weighted by Gasteiger charge is -2.15. The zero-order valence-electron chi connectivity index (χ0n) is 9.35. The molecule has 2 N–H and O–H groups in total. The van der Waals surface area contributed by atoms with Gasteiger partial charge in [0.1, 0.15) is 0 Å². The Morgan fingerprint density at radius 2 is 2.21 bits per heavy atom. The average Bonchev–Trinajstić information content (AvgIpc) is 2.46. The van der Waals surface area contributed by atoms with Crippen molar-refractivity contribution in [2.45, 2.75) is 38.1 Å². The van der Waals surface area contributed by atoms with Crippen LogP contribution in [0.5, 0.6) is 0 Å². The summed E-state index contributed by atoms with van der Waals surface area (Å²) >= 11 is 0. The summed E-state index contributed by atoms with van der Waals surface area (Å²) < 4.78 is 5.02. The Kier molecular flexibility index (Phi) is 7.01. The van der Waals surface area contributed by atoms with Crippen LogP contribution in [-0.2, 0) is 4.74 Å². The lowest BCUT2D eigenvalue weighted by molar-refractivity contribution is 0.192. The average molecular weight is 200 g/mol. The highest BCUT2D eigenvalue weighted by atomic mass is 16.5. The standard InChI is InChI=1S/C11H24N2O/c1-14-10-3-2-8-13-11-5-4-7-12-9-6-11/h11-13H,2-10H2,1H3. The third-order valence-electron chi connectivity index (χ3n) is 2.78. The molecular formula is C11H24N2O. The summed E-state index contributed by atoms with van der Waals surface area (Å²) in [6, 6.07) is 0.743. The Bertz CT molecular complexity index is 122. The second-order valence-corrected chi connectivity index (χ2v) is 4.03. The molecule has 0 radical (unpaired) electrons. The van der Waals surface area contributed by atoms with E-state index in [9.17, 15) is 0 Å².